The van der Waals surface area contributed by atoms with E-state index in [-0.39, 0.29) is 11.9 Å². The summed E-state index contributed by atoms with van der Waals surface area (Å²) in [6.45, 7) is 10.9. The number of amides is 1. The average Bonchev–Trinajstić information content (AvgIpc) is 2.11. The summed E-state index contributed by atoms with van der Waals surface area (Å²) in [6, 6.07) is -0.362. The third-order valence-corrected chi connectivity index (χ3v) is 1.91. The minimum absolute atomic E-state index is 0.0213. The van der Waals surface area contributed by atoms with E-state index in [4.69, 9.17) is 5.73 Å². The molecule has 0 aromatic heterocycles. The molecule has 13 heavy (non-hydrogen) atoms. The molecule has 0 rings (SSSR count). The molecule has 76 valence electrons. The normalized spacial score (nSPS) is 12.3. The number of hydrogen-bond acceptors (Lipinski definition) is 2. The largest absolute Gasteiger partial charge is 0.338 e. The van der Waals surface area contributed by atoms with E-state index in [1.165, 1.54) is 0 Å². The highest BCUT2D eigenvalue weighted by Crippen LogP contribution is 2.00. The van der Waals surface area contributed by atoms with Gasteiger partial charge in [-0.15, -0.1) is 0 Å². The fourth-order valence-corrected chi connectivity index (χ4v) is 1.08. The van der Waals surface area contributed by atoms with Gasteiger partial charge in [0.2, 0.25) is 5.91 Å². The van der Waals surface area contributed by atoms with Crippen LogP contribution in [-0.2, 0) is 4.79 Å². The van der Waals surface area contributed by atoms with Crippen LogP contribution in [-0.4, -0.2) is 29.9 Å². The van der Waals surface area contributed by atoms with Crippen LogP contribution in [0.3, 0.4) is 0 Å². The quantitative estimate of drug-likeness (QED) is 0.651. The molecule has 0 aromatic rings. The first-order chi connectivity index (χ1) is 6.02. The van der Waals surface area contributed by atoms with E-state index in [0.29, 0.717) is 19.5 Å². The molecule has 1 atom stereocenters. The lowest BCUT2D eigenvalue weighted by Gasteiger charge is -2.23. The van der Waals surface area contributed by atoms with Crippen molar-refractivity contribution >= 4 is 5.91 Å². The van der Waals surface area contributed by atoms with E-state index >= 15 is 0 Å². The van der Waals surface area contributed by atoms with Crippen molar-refractivity contribution in [1.29, 1.82) is 0 Å². The number of rotatable bonds is 5. The summed E-state index contributed by atoms with van der Waals surface area (Å²) in [5, 5.41) is 0. The van der Waals surface area contributed by atoms with Crippen LogP contribution in [0.4, 0.5) is 0 Å². The topological polar surface area (TPSA) is 46.3 Å². The lowest BCUT2D eigenvalue weighted by molar-refractivity contribution is -0.132. The van der Waals surface area contributed by atoms with Crippen molar-refractivity contribution in [2.24, 2.45) is 5.73 Å². The highest BCUT2D eigenvalue weighted by molar-refractivity contribution is 5.81. The lowest BCUT2D eigenvalue weighted by Crippen LogP contribution is -2.43. The summed E-state index contributed by atoms with van der Waals surface area (Å²) >= 11 is 0. The van der Waals surface area contributed by atoms with Gasteiger partial charge in [0.15, 0.2) is 0 Å². The first-order valence-corrected chi connectivity index (χ1v) is 4.71. The third kappa shape index (κ3) is 4.08. The molecule has 3 heteroatoms. The number of likely N-dealkylation sites (N-methyl/N-ethyl adjacent to an activating group) is 1. The molecule has 0 saturated carbocycles. The Morgan fingerprint density at radius 2 is 2.08 bits per heavy atom. The number of hydrogen-bond donors (Lipinski definition) is 1. The zero-order chi connectivity index (χ0) is 10.4. The fourth-order valence-electron chi connectivity index (χ4n) is 1.08. The Kier molecular flexibility index (Phi) is 5.39. The van der Waals surface area contributed by atoms with E-state index in [2.05, 4.69) is 6.58 Å². The molecule has 0 bridgehead atoms. The van der Waals surface area contributed by atoms with Crippen molar-refractivity contribution in [2.45, 2.75) is 33.2 Å². The monoisotopic (exact) mass is 184 g/mol. The molecule has 0 aliphatic carbocycles. The molecule has 0 aromatic carbocycles. The smallest absolute Gasteiger partial charge is 0.239 e. The molecule has 1 unspecified atom stereocenters. The second-order valence-electron chi connectivity index (χ2n) is 3.32. The second-order valence-corrected chi connectivity index (χ2v) is 3.32. The van der Waals surface area contributed by atoms with Crippen LogP contribution in [0.25, 0.3) is 0 Å². The first kappa shape index (κ1) is 12.2. The molecule has 0 aliphatic heterocycles. The zero-order valence-electron chi connectivity index (χ0n) is 8.84. The average molecular weight is 184 g/mol. The maximum atomic E-state index is 11.6. The van der Waals surface area contributed by atoms with Gasteiger partial charge < -0.3 is 10.6 Å². The molecular weight excluding hydrogens is 164 g/mol. The number of nitrogens with two attached hydrogens (primary N) is 1. The maximum Gasteiger partial charge on any atom is 0.239 e. The zero-order valence-corrected chi connectivity index (χ0v) is 8.84. The molecule has 0 saturated heterocycles. The number of carbonyl (C=O) groups excluding carboxylic acids is 1. The maximum absolute atomic E-state index is 11.6. The molecule has 3 nitrogen and oxygen atoms in total. The van der Waals surface area contributed by atoms with E-state index in [1.807, 2.05) is 20.8 Å². The van der Waals surface area contributed by atoms with Gasteiger partial charge in [-0.05, 0) is 20.3 Å². The molecular formula is C10H20N2O. The van der Waals surface area contributed by atoms with Crippen LogP contribution in [0.5, 0.6) is 0 Å². The molecule has 0 heterocycles. The Balaban J connectivity index is 4.22. The van der Waals surface area contributed by atoms with E-state index < -0.39 is 0 Å². The SMILES string of the molecule is C=C(C)CN(CC)C(=O)C(N)CC. The molecule has 0 aliphatic rings. The molecule has 2 N–H and O–H groups in total. The summed E-state index contributed by atoms with van der Waals surface area (Å²) in [5.74, 6) is 0.0213. The standard InChI is InChI=1S/C10H20N2O/c1-5-9(11)10(13)12(6-2)7-8(3)4/h9H,3,5-7,11H2,1-2,4H3. The Morgan fingerprint density at radius 3 is 2.38 bits per heavy atom. The Bertz CT molecular complexity index is 189. The predicted molar refractivity (Wildman–Crippen MR) is 55.3 cm³/mol. The van der Waals surface area contributed by atoms with Crippen LogP contribution < -0.4 is 5.73 Å². The minimum Gasteiger partial charge on any atom is -0.338 e. The van der Waals surface area contributed by atoms with Gasteiger partial charge in [0, 0.05) is 13.1 Å². The molecule has 0 radical (unpaired) electrons. The van der Waals surface area contributed by atoms with Crippen LogP contribution in [0, 0.1) is 0 Å². The molecule has 0 fully saturated rings. The van der Waals surface area contributed by atoms with Gasteiger partial charge >= 0.3 is 0 Å². The van der Waals surface area contributed by atoms with Crippen molar-refractivity contribution in [2.75, 3.05) is 13.1 Å². The van der Waals surface area contributed by atoms with Crippen molar-refractivity contribution < 1.29 is 4.79 Å². The van der Waals surface area contributed by atoms with Crippen LogP contribution in [0.15, 0.2) is 12.2 Å². The van der Waals surface area contributed by atoms with Crippen molar-refractivity contribution in [3.8, 4) is 0 Å². The summed E-state index contributed by atoms with van der Waals surface area (Å²) in [4.78, 5) is 13.3. The Hall–Kier alpha value is -0.830. The van der Waals surface area contributed by atoms with Gasteiger partial charge in [0.1, 0.15) is 0 Å². The van der Waals surface area contributed by atoms with Gasteiger partial charge in [0.05, 0.1) is 6.04 Å². The van der Waals surface area contributed by atoms with Crippen LogP contribution >= 0.6 is 0 Å². The minimum atomic E-state index is -0.362. The van der Waals surface area contributed by atoms with Gasteiger partial charge in [-0.1, -0.05) is 19.1 Å². The van der Waals surface area contributed by atoms with Gasteiger partial charge in [-0.2, -0.15) is 0 Å². The lowest BCUT2D eigenvalue weighted by atomic mass is 10.2. The number of carbonyl (C=O) groups is 1. The van der Waals surface area contributed by atoms with Gasteiger partial charge in [0.25, 0.3) is 0 Å². The van der Waals surface area contributed by atoms with E-state index in [9.17, 15) is 4.79 Å². The van der Waals surface area contributed by atoms with E-state index in [1.54, 1.807) is 4.90 Å². The predicted octanol–water partition coefficient (Wildman–Crippen LogP) is 1.15. The van der Waals surface area contributed by atoms with Crippen LogP contribution in [0.2, 0.25) is 0 Å². The highest BCUT2D eigenvalue weighted by atomic mass is 16.2. The Morgan fingerprint density at radius 1 is 1.54 bits per heavy atom. The fraction of sp³-hybridized carbons (Fsp3) is 0.700. The van der Waals surface area contributed by atoms with Crippen molar-refractivity contribution in [3.63, 3.8) is 0 Å². The highest BCUT2D eigenvalue weighted by Gasteiger charge is 2.17. The summed E-state index contributed by atoms with van der Waals surface area (Å²) in [6.07, 6.45) is 0.686. The first-order valence-electron chi connectivity index (χ1n) is 4.71. The summed E-state index contributed by atoms with van der Waals surface area (Å²) in [7, 11) is 0. The Labute approximate surface area is 80.6 Å². The molecule has 0 spiro atoms. The van der Waals surface area contributed by atoms with Crippen molar-refractivity contribution in [3.05, 3.63) is 12.2 Å². The summed E-state index contributed by atoms with van der Waals surface area (Å²) < 4.78 is 0. The second kappa shape index (κ2) is 5.75. The van der Waals surface area contributed by atoms with Gasteiger partial charge in [-0.3, -0.25) is 4.79 Å². The van der Waals surface area contributed by atoms with Gasteiger partial charge in [-0.25, -0.2) is 0 Å². The van der Waals surface area contributed by atoms with Crippen LogP contribution in [0.1, 0.15) is 27.2 Å². The summed E-state index contributed by atoms with van der Waals surface area (Å²) in [5.41, 5.74) is 6.63. The van der Waals surface area contributed by atoms with E-state index in [0.717, 1.165) is 5.57 Å². The molecule has 1 amide bonds. The third-order valence-electron chi connectivity index (χ3n) is 1.91. The number of nitrogens with zero attached hydrogens (tertiary/aromatic N) is 1. The van der Waals surface area contributed by atoms with Crippen molar-refractivity contribution in [1.82, 2.24) is 4.90 Å².